The van der Waals surface area contributed by atoms with E-state index in [9.17, 15) is 14.4 Å². The molecule has 98 valence electrons. The van der Waals surface area contributed by atoms with E-state index in [-0.39, 0.29) is 30.2 Å². The maximum atomic E-state index is 12.4. The van der Waals surface area contributed by atoms with Crippen molar-refractivity contribution in [2.75, 3.05) is 6.54 Å². The van der Waals surface area contributed by atoms with Crippen LogP contribution in [-0.2, 0) is 14.4 Å². The van der Waals surface area contributed by atoms with Crippen LogP contribution in [0.1, 0.15) is 32.6 Å². The molecular weight excluding hydrogens is 232 g/mol. The molecule has 0 bridgehead atoms. The lowest BCUT2D eigenvalue weighted by molar-refractivity contribution is -0.150. The molecule has 3 rings (SSSR count). The molecule has 0 spiro atoms. The molecule has 5 heteroatoms. The molecule has 1 N–H and O–H groups in total. The minimum absolute atomic E-state index is 0.0163. The predicted octanol–water partition coefficient (Wildman–Crippen LogP) is 0.296. The fraction of sp³-hybridized carbons (Fsp3) is 0.769. The molecule has 3 unspecified atom stereocenters. The predicted molar refractivity (Wildman–Crippen MR) is 63.3 cm³/mol. The van der Waals surface area contributed by atoms with Gasteiger partial charge in [-0.05, 0) is 31.6 Å². The van der Waals surface area contributed by atoms with Crippen molar-refractivity contribution >= 4 is 17.7 Å². The Hall–Kier alpha value is -1.39. The number of rotatable bonds is 1. The third kappa shape index (κ3) is 1.72. The normalized spacial score (nSPS) is 39.1. The number of amides is 3. The van der Waals surface area contributed by atoms with Crippen molar-refractivity contribution < 1.29 is 14.4 Å². The maximum Gasteiger partial charge on any atom is 0.249 e. The Bertz CT molecular complexity index is 408. The summed E-state index contributed by atoms with van der Waals surface area (Å²) in [7, 11) is 0. The van der Waals surface area contributed by atoms with Gasteiger partial charge in [0, 0.05) is 5.92 Å². The lowest BCUT2D eigenvalue weighted by atomic mass is 10.0. The summed E-state index contributed by atoms with van der Waals surface area (Å²) in [6, 6.07) is -0.516. The van der Waals surface area contributed by atoms with E-state index in [1.165, 1.54) is 17.7 Å². The van der Waals surface area contributed by atoms with Gasteiger partial charge in [0.25, 0.3) is 0 Å². The largest absolute Gasteiger partial charge is 0.321 e. The average Bonchev–Trinajstić information content (AvgIpc) is 3.07. The molecule has 3 aliphatic rings. The Kier molecular flexibility index (Phi) is 2.64. The minimum Gasteiger partial charge on any atom is -0.321 e. The molecule has 1 saturated heterocycles. The fourth-order valence-electron chi connectivity index (χ4n) is 3.53. The number of fused-ring (bicyclic) bond motifs is 1. The van der Waals surface area contributed by atoms with Gasteiger partial charge in [-0.25, -0.2) is 0 Å². The Morgan fingerprint density at radius 2 is 1.83 bits per heavy atom. The van der Waals surface area contributed by atoms with Gasteiger partial charge >= 0.3 is 0 Å². The summed E-state index contributed by atoms with van der Waals surface area (Å²) in [5, 5.41) is 2.26. The van der Waals surface area contributed by atoms with Crippen LogP contribution in [0.4, 0.5) is 0 Å². The first-order valence-electron chi connectivity index (χ1n) is 6.74. The molecule has 0 aromatic carbocycles. The molecule has 0 radical (unpaired) electrons. The lowest BCUT2D eigenvalue weighted by Crippen LogP contribution is -2.59. The second-order valence-corrected chi connectivity index (χ2v) is 5.69. The van der Waals surface area contributed by atoms with Crippen LogP contribution >= 0.6 is 0 Å². The number of hydrogen-bond donors (Lipinski definition) is 1. The lowest BCUT2D eigenvalue weighted by Gasteiger charge is -2.32. The van der Waals surface area contributed by atoms with E-state index in [4.69, 9.17) is 0 Å². The van der Waals surface area contributed by atoms with Crippen molar-refractivity contribution in [3.63, 3.8) is 0 Å². The zero-order valence-electron chi connectivity index (χ0n) is 10.5. The number of carbonyl (C=O) groups is 3. The van der Waals surface area contributed by atoms with Gasteiger partial charge in [0.15, 0.2) is 0 Å². The first-order valence-corrected chi connectivity index (χ1v) is 6.74. The molecule has 2 aliphatic carbocycles. The molecule has 1 aliphatic heterocycles. The Labute approximate surface area is 106 Å². The summed E-state index contributed by atoms with van der Waals surface area (Å²) < 4.78 is 0. The van der Waals surface area contributed by atoms with E-state index >= 15 is 0 Å². The van der Waals surface area contributed by atoms with Crippen LogP contribution in [0.15, 0.2) is 0 Å². The average molecular weight is 250 g/mol. The Morgan fingerprint density at radius 1 is 1.22 bits per heavy atom. The highest BCUT2D eigenvalue weighted by molar-refractivity contribution is 6.04. The van der Waals surface area contributed by atoms with Crippen molar-refractivity contribution in [3.05, 3.63) is 0 Å². The van der Waals surface area contributed by atoms with E-state index in [0.29, 0.717) is 11.8 Å². The summed E-state index contributed by atoms with van der Waals surface area (Å²) in [5.74, 6) is 0.395. The van der Waals surface area contributed by atoms with Crippen LogP contribution < -0.4 is 5.32 Å². The highest BCUT2D eigenvalue weighted by Crippen LogP contribution is 2.56. The summed E-state index contributed by atoms with van der Waals surface area (Å²) in [4.78, 5) is 36.8. The molecule has 0 aromatic rings. The Balaban J connectivity index is 1.72. The van der Waals surface area contributed by atoms with E-state index in [1.807, 2.05) is 0 Å². The van der Waals surface area contributed by atoms with Crippen LogP contribution in [0.5, 0.6) is 0 Å². The summed E-state index contributed by atoms with van der Waals surface area (Å²) in [6.45, 7) is 1.72. The molecular formula is C13H18N2O3. The van der Waals surface area contributed by atoms with E-state index < -0.39 is 6.04 Å². The van der Waals surface area contributed by atoms with Gasteiger partial charge in [0.2, 0.25) is 17.7 Å². The topological polar surface area (TPSA) is 66.5 Å². The second-order valence-electron chi connectivity index (χ2n) is 5.69. The van der Waals surface area contributed by atoms with Gasteiger partial charge in [-0.15, -0.1) is 0 Å². The fourth-order valence-corrected chi connectivity index (χ4v) is 3.53. The number of hydrogen-bond acceptors (Lipinski definition) is 3. The molecule has 3 fully saturated rings. The Morgan fingerprint density at radius 3 is 2.44 bits per heavy atom. The van der Waals surface area contributed by atoms with Crippen molar-refractivity contribution in [1.82, 2.24) is 10.2 Å². The highest BCUT2D eigenvalue weighted by Gasteiger charge is 2.56. The first kappa shape index (κ1) is 11.7. The van der Waals surface area contributed by atoms with E-state index in [0.717, 1.165) is 12.8 Å². The van der Waals surface area contributed by atoms with Crippen LogP contribution in [0.3, 0.4) is 0 Å². The molecule has 3 amide bonds. The van der Waals surface area contributed by atoms with Gasteiger partial charge < -0.3 is 4.90 Å². The minimum atomic E-state index is -0.516. The molecule has 18 heavy (non-hydrogen) atoms. The third-order valence-corrected chi connectivity index (χ3v) is 4.65. The summed E-state index contributed by atoms with van der Waals surface area (Å²) >= 11 is 0. The van der Waals surface area contributed by atoms with E-state index in [1.54, 1.807) is 6.92 Å². The molecule has 1 heterocycles. The van der Waals surface area contributed by atoms with Gasteiger partial charge in [0.05, 0.1) is 0 Å². The van der Waals surface area contributed by atoms with Crippen LogP contribution in [0.25, 0.3) is 0 Å². The standard InChI is InChI=1S/C13H18N2O3/c1-7-12(17)14-10(16)6-15(7)13(18)11-8-4-2-3-5-9(8)11/h7-9,11H,2-6H2,1H3,(H,14,16,17). The van der Waals surface area contributed by atoms with E-state index in [2.05, 4.69) is 5.32 Å². The second kappa shape index (κ2) is 4.07. The van der Waals surface area contributed by atoms with Crippen LogP contribution in [-0.4, -0.2) is 35.2 Å². The van der Waals surface area contributed by atoms with Gasteiger partial charge in [0.1, 0.15) is 12.6 Å². The molecule has 0 aromatic heterocycles. The highest BCUT2D eigenvalue weighted by atomic mass is 16.2. The third-order valence-electron chi connectivity index (χ3n) is 4.65. The smallest absolute Gasteiger partial charge is 0.249 e. The van der Waals surface area contributed by atoms with Gasteiger partial charge in [-0.2, -0.15) is 0 Å². The zero-order chi connectivity index (χ0) is 12.9. The molecule has 3 atom stereocenters. The quantitative estimate of drug-likeness (QED) is 0.680. The van der Waals surface area contributed by atoms with Crippen molar-refractivity contribution in [3.8, 4) is 0 Å². The van der Waals surface area contributed by atoms with Crippen LogP contribution in [0.2, 0.25) is 0 Å². The van der Waals surface area contributed by atoms with Crippen molar-refractivity contribution in [1.29, 1.82) is 0 Å². The number of piperazine rings is 1. The zero-order valence-corrected chi connectivity index (χ0v) is 10.5. The van der Waals surface area contributed by atoms with Crippen molar-refractivity contribution in [2.24, 2.45) is 17.8 Å². The first-order chi connectivity index (χ1) is 8.59. The maximum absolute atomic E-state index is 12.4. The SMILES string of the molecule is CC1C(=O)NC(=O)CN1C(=O)C1C2CCCCC21. The number of carbonyl (C=O) groups excluding carboxylic acids is 3. The van der Waals surface area contributed by atoms with Gasteiger partial charge in [-0.3, -0.25) is 19.7 Å². The van der Waals surface area contributed by atoms with Gasteiger partial charge in [-0.1, -0.05) is 12.8 Å². The molecule has 5 nitrogen and oxygen atoms in total. The summed E-state index contributed by atoms with van der Waals surface area (Å²) in [5.41, 5.74) is 0. The number of nitrogens with zero attached hydrogens (tertiary/aromatic N) is 1. The number of imide groups is 1. The monoisotopic (exact) mass is 250 g/mol. The van der Waals surface area contributed by atoms with Crippen LogP contribution in [0, 0.1) is 17.8 Å². The van der Waals surface area contributed by atoms with Crippen molar-refractivity contribution in [2.45, 2.75) is 38.6 Å². The molecule has 2 saturated carbocycles. The summed E-state index contributed by atoms with van der Waals surface area (Å²) in [6.07, 6.45) is 4.67. The number of nitrogens with one attached hydrogen (secondary N) is 1.